The fourth-order valence-electron chi connectivity index (χ4n) is 3.53. The molecule has 2 unspecified atom stereocenters. The number of rotatable bonds is 6. The maximum absolute atomic E-state index is 13.6. The Morgan fingerprint density at radius 3 is 2.71 bits per heavy atom. The van der Waals surface area contributed by atoms with E-state index in [0.717, 1.165) is 37.3 Å². The highest BCUT2D eigenvalue weighted by molar-refractivity contribution is 5.30. The Kier molecular flexibility index (Phi) is 5.73. The van der Waals surface area contributed by atoms with Crippen molar-refractivity contribution in [1.82, 2.24) is 9.80 Å². The number of likely N-dealkylation sites (tertiary alicyclic amines) is 1. The summed E-state index contributed by atoms with van der Waals surface area (Å²) in [4.78, 5) is 4.93. The third-order valence-electron chi connectivity index (χ3n) is 4.79. The molecule has 1 heterocycles. The van der Waals surface area contributed by atoms with Crippen LogP contribution in [0.25, 0.3) is 0 Å². The minimum Gasteiger partial charge on any atom is -0.329 e. The van der Waals surface area contributed by atoms with E-state index in [9.17, 15) is 4.39 Å². The van der Waals surface area contributed by atoms with Crippen LogP contribution in [0.4, 0.5) is 4.39 Å². The second-order valence-electron chi connectivity index (χ2n) is 5.91. The Labute approximate surface area is 127 Å². The number of nitrogens with two attached hydrogens (primary N) is 1. The first-order chi connectivity index (χ1) is 10.1. The van der Waals surface area contributed by atoms with Crippen molar-refractivity contribution in [3.63, 3.8) is 0 Å². The van der Waals surface area contributed by atoms with E-state index in [2.05, 4.69) is 23.6 Å². The molecule has 1 aliphatic rings. The predicted molar refractivity (Wildman–Crippen MR) is 85.8 cm³/mol. The van der Waals surface area contributed by atoms with Crippen LogP contribution in [0.5, 0.6) is 0 Å². The summed E-state index contributed by atoms with van der Waals surface area (Å²) in [5.74, 6) is -0.173. The fourth-order valence-corrected chi connectivity index (χ4v) is 3.53. The summed E-state index contributed by atoms with van der Waals surface area (Å²) in [7, 11) is 0. The topological polar surface area (TPSA) is 32.5 Å². The monoisotopic (exact) mass is 293 g/mol. The molecule has 0 aliphatic carbocycles. The zero-order valence-corrected chi connectivity index (χ0v) is 13.5. The Morgan fingerprint density at radius 2 is 2.10 bits per heavy atom. The van der Waals surface area contributed by atoms with Gasteiger partial charge < -0.3 is 5.73 Å². The molecule has 0 radical (unpaired) electrons. The number of likely N-dealkylation sites (N-methyl/N-ethyl adjacent to an activating group) is 1. The lowest BCUT2D eigenvalue weighted by atomic mass is 10.00. The summed E-state index contributed by atoms with van der Waals surface area (Å²) >= 11 is 0. The Bertz CT molecular complexity index is 459. The molecule has 0 saturated carbocycles. The maximum atomic E-state index is 13.6. The number of nitrogens with zero attached hydrogens (tertiary/aromatic N) is 2. The summed E-state index contributed by atoms with van der Waals surface area (Å²) in [5.41, 5.74) is 8.18. The van der Waals surface area contributed by atoms with Crippen LogP contribution in [-0.4, -0.2) is 48.6 Å². The van der Waals surface area contributed by atoms with E-state index in [1.807, 2.05) is 13.0 Å². The van der Waals surface area contributed by atoms with Crippen molar-refractivity contribution in [1.29, 1.82) is 0 Å². The van der Waals surface area contributed by atoms with E-state index in [-0.39, 0.29) is 11.9 Å². The summed E-state index contributed by atoms with van der Waals surface area (Å²) in [6.07, 6.45) is 1.17. The molecule has 0 bridgehead atoms. The van der Waals surface area contributed by atoms with Crippen molar-refractivity contribution in [3.8, 4) is 0 Å². The maximum Gasteiger partial charge on any atom is 0.123 e. The van der Waals surface area contributed by atoms with E-state index >= 15 is 0 Å². The summed E-state index contributed by atoms with van der Waals surface area (Å²) in [5, 5.41) is 0. The quantitative estimate of drug-likeness (QED) is 0.875. The first-order valence-electron chi connectivity index (χ1n) is 8.04. The number of aryl methyl sites for hydroxylation is 1. The number of benzene rings is 1. The van der Waals surface area contributed by atoms with Crippen molar-refractivity contribution < 1.29 is 4.39 Å². The summed E-state index contributed by atoms with van der Waals surface area (Å²) in [6, 6.07) is 5.75. The second-order valence-corrected chi connectivity index (χ2v) is 5.91. The fraction of sp³-hybridized carbons (Fsp3) is 0.647. The summed E-state index contributed by atoms with van der Waals surface area (Å²) in [6.45, 7) is 11.2. The zero-order chi connectivity index (χ0) is 15.4. The molecular formula is C17H28FN3. The number of hydrogen-bond acceptors (Lipinski definition) is 3. The molecule has 3 nitrogen and oxygen atoms in total. The lowest BCUT2D eigenvalue weighted by Gasteiger charge is -2.30. The zero-order valence-electron chi connectivity index (χ0n) is 13.5. The molecule has 118 valence electrons. The highest BCUT2D eigenvalue weighted by Crippen LogP contribution is 2.28. The molecule has 0 aromatic heterocycles. The van der Waals surface area contributed by atoms with Crippen LogP contribution in [0.15, 0.2) is 18.2 Å². The van der Waals surface area contributed by atoms with Gasteiger partial charge in [0.25, 0.3) is 0 Å². The third-order valence-corrected chi connectivity index (χ3v) is 4.79. The number of hydrogen-bond donors (Lipinski definition) is 1. The van der Waals surface area contributed by atoms with Gasteiger partial charge >= 0.3 is 0 Å². The van der Waals surface area contributed by atoms with Crippen LogP contribution in [0.3, 0.4) is 0 Å². The van der Waals surface area contributed by atoms with Crippen molar-refractivity contribution >= 4 is 0 Å². The molecule has 2 rings (SSSR count). The normalized spacial score (nSPS) is 21.1. The largest absolute Gasteiger partial charge is 0.329 e. The standard InChI is InChI=1S/C17H28FN3/c1-4-20(5-2)15-8-9-21(12-15)17(11-19)16-10-14(18)7-6-13(16)3/h6-7,10,15,17H,4-5,8-9,11-12,19H2,1-3H3. The van der Waals surface area contributed by atoms with Gasteiger partial charge in [0, 0.05) is 31.7 Å². The minimum atomic E-state index is -0.173. The second kappa shape index (κ2) is 7.34. The highest BCUT2D eigenvalue weighted by Gasteiger charge is 2.31. The highest BCUT2D eigenvalue weighted by atomic mass is 19.1. The molecule has 1 saturated heterocycles. The van der Waals surface area contributed by atoms with Crippen LogP contribution in [0.2, 0.25) is 0 Å². The van der Waals surface area contributed by atoms with Crippen LogP contribution < -0.4 is 5.73 Å². The van der Waals surface area contributed by atoms with Gasteiger partial charge in [-0.1, -0.05) is 19.9 Å². The SMILES string of the molecule is CCN(CC)C1CCN(C(CN)c2cc(F)ccc2C)C1. The van der Waals surface area contributed by atoms with Crippen molar-refractivity contribution in [2.24, 2.45) is 5.73 Å². The van der Waals surface area contributed by atoms with Gasteiger partial charge in [-0.15, -0.1) is 0 Å². The summed E-state index contributed by atoms with van der Waals surface area (Å²) < 4.78 is 13.6. The van der Waals surface area contributed by atoms with Crippen LogP contribution >= 0.6 is 0 Å². The Morgan fingerprint density at radius 1 is 1.38 bits per heavy atom. The van der Waals surface area contributed by atoms with Gasteiger partial charge in [0.1, 0.15) is 5.82 Å². The van der Waals surface area contributed by atoms with Crippen LogP contribution in [-0.2, 0) is 0 Å². The van der Waals surface area contributed by atoms with Gasteiger partial charge in [0.15, 0.2) is 0 Å². The molecule has 1 aromatic carbocycles. The first kappa shape index (κ1) is 16.4. The molecule has 2 atom stereocenters. The predicted octanol–water partition coefficient (Wildman–Crippen LogP) is 2.55. The molecule has 1 aliphatic heterocycles. The van der Waals surface area contributed by atoms with E-state index in [4.69, 9.17) is 5.73 Å². The van der Waals surface area contributed by atoms with Crippen molar-refractivity contribution in [2.45, 2.75) is 39.3 Å². The molecule has 1 aromatic rings. The third kappa shape index (κ3) is 3.62. The average Bonchev–Trinajstić information content (AvgIpc) is 2.94. The smallest absolute Gasteiger partial charge is 0.123 e. The molecule has 0 amide bonds. The van der Waals surface area contributed by atoms with Gasteiger partial charge in [-0.25, -0.2) is 4.39 Å². The molecule has 2 N–H and O–H groups in total. The molecule has 1 fully saturated rings. The van der Waals surface area contributed by atoms with Gasteiger partial charge in [0.05, 0.1) is 0 Å². The van der Waals surface area contributed by atoms with Crippen LogP contribution in [0.1, 0.15) is 37.4 Å². The molecule has 4 heteroatoms. The van der Waals surface area contributed by atoms with Crippen LogP contribution in [0, 0.1) is 12.7 Å². The Hall–Kier alpha value is -0.970. The number of halogens is 1. The van der Waals surface area contributed by atoms with E-state index < -0.39 is 0 Å². The van der Waals surface area contributed by atoms with Gasteiger partial charge in [-0.2, -0.15) is 0 Å². The Balaban J connectivity index is 2.14. The van der Waals surface area contributed by atoms with Gasteiger partial charge in [-0.05, 0) is 49.7 Å². The van der Waals surface area contributed by atoms with E-state index in [1.54, 1.807) is 6.07 Å². The van der Waals surface area contributed by atoms with Crippen molar-refractivity contribution in [3.05, 3.63) is 35.1 Å². The molecule has 0 spiro atoms. The average molecular weight is 293 g/mol. The molecule has 21 heavy (non-hydrogen) atoms. The van der Waals surface area contributed by atoms with Crippen molar-refractivity contribution in [2.75, 3.05) is 32.7 Å². The minimum absolute atomic E-state index is 0.126. The van der Waals surface area contributed by atoms with E-state index in [1.165, 1.54) is 12.5 Å². The lowest BCUT2D eigenvalue weighted by molar-refractivity contribution is 0.189. The van der Waals surface area contributed by atoms with Gasteiger partial charge in [-0.3, -0.25) is 9.80 Å². The first-order valence-corrected chi connectivity index (χ1v) is 8.04. The molecular weight excluding hydrogens is 265 g/mol. The van der Waals surface area contributed by atoms with Gasteiger partial charge in [0.2, 0.25) is 0 Å². The lowest BCUT2D eigenvalue weighted by Crippen LogP contribution is -2.39. The van der Waals surface area contributed by atoms with E-state index in [0.29, 0.717) is 12.6 Å².